The molecule has 0 aromatic heterocycles. The number of hydrogen-bond acceptors (Lipinski definition) is 6. The van der Waals surface area contributed by atoms with Gasteiger partial charge in [0.15, 0.2) is 11.5 Å². The Kier molecular flexibility index (Phi) is 4.83. The number of ether oxygens (including phenoxy) is 3. The summed E-state index contributed by atoms with van der Waals surface area (Å²) in [5.41, 5.74) is 1.03. The molecule has 1 amide bonds. The summed E-state index contributed by atoms with van der Waals surface area (Å²) in [7, 11) is -2.66. The minimum atomic E-state index is -3.99. The second-order valence-corrected chi connectivity index (χ2v) is 6.88. The van der Waals surface area contributed by atoms with Crippen molar-refractivity contribution in [1.82, 2.24) is 0 Å². The van der Waals surface area contributed by atoms with E-state index in [1.54, 1.807) is 24.3 Å². The molecule has 1 aliphatic rings. The van der Waals surface area contributed by atoms with Gasteiger partial charge in [-0.25, -0.2) is 13.6 Å². The molecule has 0 bridgehead atoms. The topological polar surface area (TPSA) is 117 Å². The molecule has 0 fully saturated rings. The van der Waals surface area contributed by atoms with E-state index in [4.69, 9.17) is 19.3 Å². The quantitative estimate of drug-likeness (QED) is 0.768. The number of sulfonamides is 1. The van der Waals surface area contributed by atoms with Crippen molar-refractivity contribution in [2.75, 3.05) is 19.2 Å². The van der Waals surface area contributed by atoms with Crippen molar-refractivity contribution >= 4 is 27.7 Å². The molecule has 3 N–H and O–H groups in total. The van der Waals surface area contributed by atoms with E-state index in [-0.39, 0.29) is 23.1 Å². The minimum Gasteiger partial charge on any atom is -0.495 e. The molecular weight excluding hydrogens is 360 g/mol. The third kappa shape index (κ3) is 3.95. The highest BCUT2D eigenvalue weighted by atomic mass is 32.2. The first-order chi connectivity index (χ1) is 12.4. The number of hydrogen-bond donors (Lipinski definition) is 2. The zero-order valence-electron chi connectivity index (χ0n) is 13.8. The first-order valence-corrected chi connectivity index (χ1v) is 9.01. The summed E-state index contributed by atoms with van der Waals surface area (Å²) >= 11 is 0. The molecule has 0 unspecified atom stereocenters. The van der Waals surface area contributed by atoms with Crippen LogP contribution in [0.25, 0.3) is 6.08 Å². The van der Waals surface area contributed by atoms with Gasteiger partial charge in [0.2, 0.25) is 22.7 Å². The molecule has 2 aromatic rings. The zero-order chi connectivity index (χ0) is 18.7. The van der Waals surface area contributed by atoms with Crippen LogP contribution in [0.3, 0.4) is 0 Å². The third-order valence-electron chi connectivity index (χ3n) is 3.56. The van der Waals surface area contributed by atoms with Gasteiger partial charge in [-0.1, -0.05) is 6.07 Å². The number of benzene rings is 2. The highest BCUT2D eigenvalue weighted by molar-refractivity contribution is 7.89. The van der Waals surface area contributed by atoms with Crippen LogP contribution in [0.5, 0.6) is 17.2 Å². The summed E-state index contributed by atoms with van der Waals surface area (Å²) < 4.78 is 38.7. The summed E-state index contributed by atoms with van der Waals surface area (Å²) in [5.74, 6) is 0.926. The summed E-state index contributed by atoms with van der Waals surface area (Å²) in [6.07, 6.45) is 2.92. The third-order valence-corrected chi connectivity index (χ3v) is 4.49. The molecule has 0 radical (unpaired) electrons. The number of carbonyl (C=O) groups excluding carboxylic acids is 1. The van der Waals surface area contributed by atoms with E-state index >= 15 is 0 Å². The second kappa shape index (κ2) is 7.06. The van der Waals surface area contributed by atoms with E-state index in [9.17, 15) is 13.2 Å². The highest BCUT2D eigenvalue weighted by Crippen LogP contribution is 2.32. The molecule has 9 heteroatoms. The summed E-state index contributed by atoms with van der Waals surface area (Å²) in [6.45, 7) is 0.173. The van der Waals surface area contributed by atoms with Gasteiger partial charge in [0, 0.05) is 11.8 Å². The van der Waals surface area contributed by atoms with E-state index in [1.165, 1.54) is 31.4 Å². The summed E-state index contributed by atoms with van der Waals surface area (Å²) in [4.78, 5) is 11.9. The number of nitrogens with two attached hydrogens (primary N) is 1. The molecule has 0 atom stereocenters. The first-order valence-electron chi connectivity index (χ1n) is 7.46. The van der Waals surface area contributed by atoms with Crippen LogP contribution in [0, 0.1) is 0 Å². The number of rotatable bonds is 5. The van der Waals surface area contributed by atoms with Crippen molar-refractivity contribution in [3.05, 3.63) is 48.0 Å². The van der Waals surface area contributed by atoms with Crippen molar-refractivity contribution in [3.63, 3.8) is 0 Å². The molecule has 3 rings (SSSR count). The lowest BCUT2D eigenvalue weighted by atomic mass is 10.2. The van der Waals surface area contributed by atoms with Crippen molar-refractivity contribution in [2.45, 2.75) is 4.90 Å². The smallest absolute Gasteiger partial charge is 0.248 e. The van der Waals surface area contributed by atoms with Gasteiger partial charge in [-0.15, -0.1) is 0 Å². The van der Waals surface area contributed by atoms with E-state index in [0.29, 0.717) is 11.5 Å². The van der Waals surface area contributed by atoms with Crippen LogP contribution >= 0.6 is 0 Å². The Morgan fingerprint density at radius 3 is 2.69 bits per heavy atom. The number of amides is 1. The van der Waals surface area contributed by atoms with Crippen LogP contribution in [0.2, 0.25) is 0 Å². The Hall–Kier alpha value is -3.04. The fraction of sp³-hybridized carbons (Fsp3) is 0.118. The van der Waals surface area contributed by atoms with E-state index in [1.807, 2.05) is 0 Å². The average molecular weight is 376 g/mol. The monoisotopic (exact) mass is 376 g/mol. The Morgan fingerprint density at radius 2 is 1.96 bits per heavy atom. The van der Waals surface area contributed by atoms with Crippen molar-refractivity contribution in [1.29, 1.82) is 0 Å². The first kappa shape index (κ1) is 17.8. The van der Waals surface area contributed by atoms with Crippen molar-refractivity contribution in [2.24, 2.45) is 5.14 Å². The largest absolute Gasteiger partial charge is 0.495 e. The molecule has 0 saturated heterocycles. The van der Waals surface area contributed by atoms with Crippen molar-refractivity contribution < 1.29 is 27.4 Å². The lowest BCUT2D eigenvalue weighted by Gasteiger charge is -2.09. The second-order valence-electron chi connectivity index (χ2n) is 5.35. The van der Waals surface area contributed by atoms with E-state index in [0.717, 1.165) is 5.56 Å². The van der Waals surface area contributed by atoms with Gasteiger partial charge in [-0.2, -0.15) is 0 Å². The maximum atomic E-state index is 12.1. The van der Waals surface area contributed by atoms with Gasteiger partial charge in [0.05, 0.1) is 7.11 Å². The number of anilines is 1. The molecule has 1 aliphatic heterocycles. The fourth-order valence-corrected chi connectivity index (χ4v) is 3.07. The Bertz CT molecular complexity index is 985. The minimum absolute atomic E-state index is 0.0985. The number of nitrogens with one attached hydrogen (secondary N) is 1. The Balaban J connectivity index is 1.74. The standard InChI is InChI=1S/C17H16N2O6S/c1-23-14-6-4-12(9-16(14)26(18,21)22)19-17(20)7-3-11-2-5-13-15(8-11)25-10-24-13/h2-9H,10H2,1H3,(H,19,20)(H2,18,21,22)/b7-3+. The van der Waals surface area contributed by atoms with E-state index in [2.05, 4.69) is 5.32 Å². The molecular formula is C17H16N2O6S. The number of primary sulfonamides is 1. The van der Waals surface area contributed by atoms with Crippen LogP contribution in [-0.4, -0.2) is 28.2 Å². The molecule has 0 saturated carbocycles. The summed E-state index contributed by atoms with van der Waals surface area (Å²) in [5, 5.41) is 7.73. The van der Waals surface area contributed by atoms with Crippen molar-refractivity contribution in [3.8, 4) is 17.2 Å². The van der Waals surface area contributed by atoms with Crippen LogP contribution in [0.1, 0.15) is 5.56 Å². The Labute approximate surface area is 150 Å². The molecule has 1 heterocycles. The van der Waals surface area contributed by atoms with Crippen LogP contribution < -0.4 is 24.7 Å². The fourth-order valence-electron chi connectivity index (χ4n) is 2.35. The van der Waals surface area contributed by atoms with Crippen LogP contribution in [-0.2, 0) is 14.8 Å². The van der Waals surface area contributed by atoms with Gasteiger partial charge in [0.1, 0.15) is 10.6 Å². The molecule has 0 spiro atoms. The molecule has 26 heavy (non-hydrogen) atoms. The Morgan fingerprint density at radius 1 is 1.19 bits per heavy atom. The number of methoxy groups -OCH3 is 1. The number of fused-ring (bicyclic) bond motifs is 1. The zero-order valence-corrected chi connectivity index (χ0v) is 14.6. The lowest BCUT2D eigenvalue weighted by molar-refractivity contribution is -0.111. The highest BCUT2D eigenvalue weighted by Gasteiger charge is 2.16. The predicted molar refractivity (Wildman–Crippen MR) is 94.6 cm³/mol. The van der Waals surface area contributed by atoms with Gasteiger partial charge in [-0.3, -0.25) is 4.79 Å². The SMILES string of the molecule is COc1ccc(NC(=O)/C=C/c2ccc3c(c2)OCO3)cc1S(N)(=O)=O. The predicted octanol–water partition coefficient (Wildman–Crippen LogP) is 1.72. The van der Waals surface area contributed by atoms with Gasteiger partial charge in [0.25, 0.3) is 0 Å². The lowest BCUT2D eigenvalue weighted by Crippen LogP contribution is -2.15. The van der Waals surface area contributed by atoms with Crippen LogP contribution in [0.4, 0.5) is 5.69 Å². The average Bonchev–Trinajstić information content (AvgIpc) is 3.07. The molecule has 136 valence electrons. The number of carbonyl (C=O) groups is 1. The molecule has 2 aromatic carbocycles. The maximum Gasteiger partial charge on any atom is 0.248 e. The summed E-state index contributed by atoms with van der Waals surface area (Å²) in [6, 6.07) is 9.45. The molecule has 8 nitrogen and oxygen atoms in total. The van der Waals surface area contributed by atoms with Gasteiger partial charge in [-0.05, 0) is 42.0 Å². The van der Waals surface area contributed by atoms with Crippen LogP contribution in [0.15, 0.2) is 47.4 Å². The van der Waals surface area contributed by atoms with Gasteiger partial charge < -0.3 is 19.5 Å². The van der Waals surface area contributed by atoms with E-state index < -0.39 is 15.9 Å². The molecule has 0 aliphatic carbocycles. The maximum absolute atomic E-state index is 12.1. The normalized spacial score (nSPS) is 13.0. The van der Waals surface area contributed by atoms with Gasteiger partial charge >= 0.3 is 0 Å².